The Labute approximate surface area is 216 Å². The fourth-order valence-electron chi connectivity index (χ4n) is 4.88. The van der Waals surface area contributed by atoms with Gasteiger partial charge in [-0.2, -0.15) is 0 Å². The van der Waals surface area contributed by atoms with Crippen molar-refractivity contribution in [2.45, 2.75) is 45.1 Å². The van der Waals surface area contributed by atoms with Crippen LogP contribution >= 0.6 is 11.6 Å². The van der Waals surface area contributed by atoms with E-state index in [4.69, 9.17) is 17.4 Å². The molecule has 5 rings (SSSR count). The number of fused-ring (bicyclic) bond motifs is 3. The number of nitrogens with zero attached hydrogens (tertiary/aromatic N) is 4. The third-order valence-corrected chi connectivity index (χ3v) is 6.61. The number of carboxylic acid groups (broad SMARTS) is 1. The summed E-state index contributed by atoms with van der Waals surface area (Å²) < 4.78 is 1.56. The van der Waals surface area contributed by atoms with Gasteiger partial charge in [0.15, 0.2) is 0 Å². The standard InChI is InChI=1S/C21H20ClN5O2.C2H6.U/c1-12-21(6-4-13(9-21)20(28)29)15-5-7-24-10-18(15)26(12)11-19-25-16-8-14(22)2-3-17(16)27(19)23;1-2;/h2-3,5,7-8,10,13H,1,4,6,9,11,23H2,(H,28,29);1-2H3;. The molecule has 3 aromatic rings. The quantitative estimate of drug-likeness (QED) is 0.397. The van der Waals surface area contributed by atoms with Gasteiger partial charge in [0.25, 0.3) is 0 Å². The van der Waals surface area contributed by atoms with Crippen molar-refractivity contribution in [2.75, 3.05) is 10.7 Å². The number of aliphatic carboxylic acids is 1. The molecule has 3 heterocycles. The average molecular weight is 678 g/mol. The van der Waals surface area contributed by atoms with Crippen molar-refractivity contribution in [3.8, 4) is 0 Å². The molecule has 1 aromatic carbocycles. The van der Waals surface area contributed by atoms with Gasteiger partial charge in [0.2, 0.25) is 0 Å². The molecule has 1 aliphatic heterocycles. The number of halogens is 1. The van der Waals surface area contributed by atoms with Crippen molar-refractivity contribution in [3.63, 3.8) is 0 Å². The number of nitrogens with two attached hydrogens (primary N) is 1. The third-order valence-electron chi connectivity index (χ3n) is 6.37. The number of pyridine rings is 1. The van der Waals surface area contributed by atoms with E-state index in [9.17, 15) is 9.90 Å². The summed E-state index contributed by atoms with van der Waals surface area (Å²) >= 11 is 6.09. The van der Waals surface area contributed by atoms with E-state index in [2.05, 4.69) is 21.4 Å². The van der Waals surface area contributed by atoms with Crippen molar-refractivity contribution in [1.82, 2.24) is 14.6 Å². The number of anilines is 1. The smallest absolute Gasteiger partial charge is 0.306 e. The summed E-state index contributed by atoms with van der Waals surface area (Å²) in [4.78, 5) is 22.6. The minimum absolute atomic E-state index is 0. The van der Waals surface area contributed by atoms with E-state index in [1.807, 2.05) is 32.2 Å². The average Bonchev–Trinajstić information content (AvgIpc) is 3.41. The second-order valence-corrected chi connectivity index (χ2v) is 8.25. The zero-order valence-electron chi connectivity index (χ0n) is 18.2. The first kappa shape index (κ1) is 24.6. The Kier molecular flexibility index (Phi) is 7.28. The van der Waals surface area contributed by atoms with Crippen molar-refractivity contribution in [2.24, 2.45) is 5.92 Å². The molecule has 1 fully saturated rings. The second kappa shape index (κ2) is 9.46. The monoisotopic (exact) mass is 677 g/mol. The van der Waals surface area contributed by atoms with Crippen LogP contribution in [0.15, 0.2) is 48.9 Å². The molecule has 166 valence electrons. The maximum atomic E-state index is 11.6. The molecular formula is C23H26ClN5O2U. The zero-order valence-corrected chi connectivity index (χ0v) is 23.1. The Bertz CT molecular complexity index is 1180. The minimum atomic E-state index is -0.746. The van der Waals surface area contributed by atoms with Gasteiger partial charge in [0, 0.05) is 53.4 Å². The predicted molar refractivity (Wildman–Crippen MR) is 122 cm³/mol. The van der Waals surface area contributed by atoms with E-state index in [1.54, 1.807) is 23.0 Å². The van der Waals surface area contributed by atoms with E-state index in [0.717, 1.165) is 34.4 Å². The van der Waals surface area contributed by atoms with Crippen LogP contribution < -0.4 is 10.7 Å². The molecule has 3 N–H and O–H groups in total. The van der Waals surface area contributed by atoms with E-state index >= 15 is 0 Å². The molecule has 0 radical (unpaired) electrons. The Morgan fingerprint density at radius 1 is 1.38 bits per heavy atom. The van der Waals surface area contributed by atoms with Gasteiger partial charge in [-0.3, -0.25) is 9.78 Å². The van der Waals surface area contributed by atoms with E-state index < -0.39 is 5.97 Å². The van der Waals surface area contributed by atoms with Crippen LogP contribution in [0.2, 0.25) is 5.02 Å². The Morgan fingerprint density at radius 3 is 2.81 bits per heavy atom. The van der Waals surface area contributed by atoms with Gasteiger partial charge in [-0.1, -0.05) is 32.0 Å². The molecule has 0 saturated heterocycles. The normalized spacial score (nSPS) is 21.3. The minimum Gasteiger partial charge on any atom is -0.481 e. The van der Waals surface area contributed by atoms with Crippen LogP contribution in [0.5, 0.6) is 0 Å². The topological polar surface area (TPSA) is 97.3 Å². The fourth-order valence-corrected chi connectivity index (χ4v) is 5.05. The van der Waals surface area contributed by atoms with Gasteiger partial charge < -0.3 is 15.8 Å². The summed E-state index contributed by atoms with van der Waals surface area (Å²) in [5.74, 6) is 5.86. The first-order valence-corrected chi connectivity index (χ1v) is 10.8. The van der Waals surface area contributed by atoms with Crippen molar-refractivity contribution < 1.29 is 41.0 Å². The molecule has 1 spiro atoms. The number of hydrogen-bond donors (Lipinski definition) is 2. The van der Waals surface area contributed by atoms with Crippen molar-refractivity contribution >= 4 is 34.3 Å². The Balaban J connectivity index is 0.000000938. The summed E-state index contributed by atoms with van der Waals surface area (Å²) in [6.45, 7) is 8.80. The number of benzene rings is 1. The summed E-state index contributed by atoms with van der Waals surface area (Å²) in [5, 5.41) is 10.1. The zero-order chi connectivity index (χ0) is 22.3. The van der Waals surface area contributed by atoms with Crippen LogP contribution in [-0.2, 0) is 16.8 Å². The Morgan fingerprint density at radius 2 is 2.12 bits per heavy atom. The summed E-state index contributed by atoms with van der Waals surface area (Å²) in [6.07, 6.45) is 5.50. The maximum Gasteiger partial charge on any atom is 0.306 e. The summed E-state index contributed by atoms with van der Waals surface area (Å²) in [5.41, 5.74) is 4.05. The predicted octanol–water partition coefficient (Wildman–Crippen LogP) is 4.48. The number of aromatic nitrogens is 3. The fraction of sp³-hybridized carbons (Fsp3) is 0.348. The maximum absolute atomic E-state index is 11.6. The molecule has 7 nitrogen and oxygen atoms in total. The second-order valence-electron chi connectivity index (χ2n) is 7.82. The van der Waals surface area contributed by atoms with E-state index in [0.29, 0.717) is 30.2 Å². The third kappa shape index (κ3) is 3.83. The Hall–Kier alpha value is -2.01. The first-order chi connectivity index (χ1) is 14.9. The van der Waals surface area contributed by atoms with Crippen LogP contribution in [0.4, 0.5) is 5.69 Å². The molecule has 9 heteroatoms. The largest absolute Gasteiger partial charge is 0.481 e. The molecular weight excluding hydrogens is 652 g/mol. The summed E-state index contributed by atoms with van der Waals surface area (Å²) in [6, 6.07) is 7.40. The molecule has 2 atom stereocenters. The van der Waals surface area contributed by atoms with Gasteiger partial charge in [-0.15, -0.1) is 0 Å². The van der Waals surface area contributed by atoms with Gasteiger partial charge in [-0.05, 0) is 49.1 Å². The number of rotatable bonds is 3. The number of carbonyl (C=O) groups is 1. The SMILES string of the molecule is C=C1N(Cc2nc3cc(Cl)ccc3n2N)c2cnccc2C12CCC(C(=O)O)C2.CC.[U]. The van der Waals surface area contributed by atoms with Crippen molar-refractivity contribution in [1.29, 1.82) is 0 Å². The van der Waals surface area contributed by atoms with E-state index in [-0.39, 0.29) is 42.4 Å². The van der Waals surface area contributed by atoms with Crippen LogP contribution in [0.1, 0.15) is 44.5 Å². The number of carboxylic acids is 1. The molecule has 2 unspecified atom stereocenters. The number of allylic oxidation sites excluding steroid dienone is 1. The number of imidazole rings is 1. The number of nitrogen functional groups attached to an aromatic ring is 1. The van der Waals surface area contributed by atoms with Crippen molar-refractivity contribution in [3.05, 3.63) is 65.3 Å². The molecule has 32 heavy (non-hydrogen) atoms. The van der Waals surface area contributed by atoms with Crippen LogP contribution in [0, 0.1) is 37.0 Å². The molecule has 0 bridgehead atoms. The van der Waals surface area contributed by atoms with Gasteiger partial charge in [0.05, 0.1) is 35.4 Å². The summed E-state index contributed by atoms with van der Waals surface area (Å²) in [7, 11) is 0. The van der Waals surface area contributed by atoms with Gasteiger partial charge in [-0.25, -0.2) is 9.66 Å². The van der Waals surface area contributed by atoms with Gasteiger partial charge in [0.1, 0.15) is 5.82 Å². The molecule has 2 aromatic heterocycles. The van der Waals surface area contributed by atoms with Crippen LogP contribution in [0.3, 0.4) is 0 Å². The van der Waals surface area contributed by atoms with Crippen LogP contribution in [0.25, 0.3) is 11.0 Å². The molecule has 2 aliphatic rings. The number of hydrogen-bond acceptors (Lipinski definition) is 5. The van der Waals surface area contributed by atoms with E-state index in [1.165, 1.54) is 0 Å². The first-order valence-electron chi connectivity index (χ1n) is 10.5. The molecule has 0 amide bonds. The van der Waals surface area contributed by atoms with Gasteiger partial charge >= 0.3 is 5.97 Å². The van der Waals surface area contributed by atoms with Crippen LogP contribution in [-0.4, -0.2) is 25.7 Å². The molecule has 1 saturated carbocycles. The molecule has 1 aliphatic carbocycles.